The number of hydrogen-bond donors (Lipinski definition) is 0. The van der Waals surface area contributed by atoms with Crippen LogP contribution < -0.4 is 0 Å². The first-order valence-corrected chi connectivity index (χ1v) is 19.7. The van der Waals surface area contributed by atoms with Crippen LogP contribution in [0.15, 0.2) is 181 Å². The fraction of sp³-hybridized carbons (Fsp3) is 0.154. The average Bonchev–Trinajstić information content (AvgIpc) is 3.60. The first-order chi connectivity index (χ1) is 26.8. The number of allylic oxidation sites excluding steroid dienone is 10. The molecule has 4 aliphatic carbocycles. The molecule has 1 aromatic heterocycles. The number of aromatic nitrogens is 1. The zero-order valence-corrected chi connectivity index (χ0v) is 30.7. The van der Waals surface area contributed by atoms with E-state index in [1.807, 2.05) is 0 Å². The predicted molar refractivity (Wildman–Crippen MR) is 229 cm³/mol. The molecule has 6 aromatic rings. The fourth-order valence-electron chi connectivity index (χ4n) is 9.21. The van der Waals surface area contributed by atoms with Crippen LogP contribution in [-0.4, -0.2) is 15.5 Å². The molecule has 0 amide bonds. The van der Waals surface area contributed by atoms with Crippen molar-refractivity contribution in [1.29, 1.82) is 0 Å². The highest BCUT2D eigenvalue weighted by atomic mass is 15.2. The number of para-hydroxylation sites is 2. The Morgan fingerprint density at radius 1 is 0.593 bits per heavy atom. The summed E-state index contributed by atoms with van der Waals surface area (Å²) in [6.45, 7) is 0. The van der Waals surface area contributed by atoms with Gasteiger partial charge in [-0.05, 0) is 114 Å². The van der Waals surface area contributed by atoms with E-state index in [0.29, 0.717) is 0 Å². The van der Waals surface area contributed by atoms with Crippen LogP contribution >= 0.6 is 0 Å². The van der Waals surface area contributed by atoms with Gasteiger partial charge in [0.2, 0.25) is 0 Å². The normalized spacial score (nSPS) is 18.1. The van der Waals surface area contributed by atoms with Crippen molar-refractivity contribution in [1.82, 2.24) is 9.47 Å². The van der Waals surface area contributed by atoms with Gasteiger partial charge in [0.1, 0.15) is 0 Å². The van der Waals surface area contributed by atoms with Gasteiger partial charge in [-0.1, -0.05) is 146 Å². The van der Waals surface area contributed by atoms with Crippen LogP contribution in [0.4, 0.5) is 0 Å². The van der Waals surface area contributed by atoms with E-state index in [4.69, 9.17) is 0 Å². The zero-order chi connectivity index (χ0) is 35.8. The maximum Gasteiger partial charge on any atom is 0.0557 e. The summed E-state index contributed by atoms with van der Waals surface area (Å²) < 4.78 is 2.51. The second-order valence-corrected chi connectivity index (χ2v) is 14.9. The number of benzene rings is 5. The molecule has 10 rings (SSSR count). The van der Waals surface area contributed by atoms with Crippen molar-refractivity contribution in [3.63, 3.8) is 0 Å². The molecule has 2 nitrogen and oxygen atoms in total. The maximum absolute atomic E-state index is 2.64. The van der Waals surface area contributed by atoms with Crippen molar-refractivity contribution >= 4 is 44.6 Å². The van der Waals surface area contributed by atoms with Crippen LogP contribution in [0.3, 0.4) is 0 Å². The van der Waals surface area contributed by atoms with Gasteiger partial charge < -0.3 is 9.47 Å². The van der Waals surface area contributed by atoms with Crippen LogP contribution in [0.25, 0.3) is 50.3 Å². The van der Waals surface area contributed by atoms with Crippen molar-refractivity contribution in [2.45, 2.75) is 51.0 Å². The Hall–Kier alpha value is -6.12. The molecular weight excluding hydrogens is 653 g/mol. The molecule has 262 valence electrons. The third-order valence-corrected chi connectivity index (χ3v) is 11.8. The first kappa shape index (κ1) is 32.5. The third kappa shape index (κ3) is 5.83. The molecule has 0 saturated carbocycles. The van der Waals surface area contributed by atoms with Gasteiger partial charge in [0, 0.05) is 27.7 Å². The highest BCUT2D eigenvalue weighted by Gasteiger charge is 2.27. The lowest BCUT2D eigenvalue weighted by molar-refractivity contribution is 0.357. The van der Waals surface area contributed by atoms with Gasteiger partial charge >= 0.3 is 0 Å². The maximum atomic E-state index is 2.64. The Morgan fingerprint density at radius 3 is 2.17 bits per heavy atom. The lowest BCUT2D eigenvalue weighted by atomic mass is 9.90. The molecule has 0 saturated heterocycles. The lowest BCUT2D eigenvalue weighted by Crippen LogP contribution is -2.33. The van der Waals surface area contributed by atoms with E-state index in [2.05, 4.69) is 185 Å². The minimum absolute atomic E-state index is 0.226. The van der Waals surface area contributed by atoms with Crippen molar-refractivity contribution in [2.75, 3.05) is 0 Å². The topological polar surface area (TPSA) is 8.17 Å². The SMILES string of the molecule is C1=Cc2ccc3c(c2CC1)c1ccccc1n3-c1ccccc1C1=CCC(N(C2=CCCC(c3ccccc3)=C2)C2=CC=C(c3ccccc3)CC2)C=C1. The second kappa shape index (κ2) is 14.0. The molecule has 0 bridgehead atoms. The van der Waals surface area contributed by atoms with Crippen molar-refractivity contribution in [2.24, 2.45) is 0 Å². The van der Waals surface area contributed by atoms with E-state index in [1.165, 1.54) is 83.4 Å². The Bertz CT molecular complexity index is 2620. The standard InChI is InChI=1S/C52H44N2/c1-3-14-37(15-4-1)39-26-31-43(32-27-39)53(45-20-13-19-42(36-45)38-16-5-2-6-17-38)44-33-28-41(29-34-44)46-21-9-11-24-49(46)54-50-25-12-10-23-48(50)52-47-22-8-7-18-40(47)30-35-51(52)54/h1-7,9-12,14-18,20-21,23-26,28-31,33,35-36,44H,8,13,19,22,27,32,34H2. The van der Waals surface area contributed by atoms with Gasteiger partial charge in [0.15, 0.2) is 0 Å². The minimum atomic E-state index is 0.226. The van der Waals surface area contributed by atoms with Crippen LogP contribution in [0, 0.1) is 0 Å². The Labute approximate surface area is 318 Å². The predicted octanol–water partition coefficient (Wildman–Crippen LogP) is 13.3. The zero-order valence-electron chi connectivity index (χ0n) is 30.7. The molecule has 1 heterocycles. The minimum Gasteiger partial charge on any atom is -0.338 e. The molecule has 54 heavy (non-hydrogen) atoms. The summed E-state index contributed by atoms with van der Waals surface area (Å²) in [6, 6.07) is 44.6. The quantitative estimate of drug-likeness (QED) is 0.161. The molecule has 0 radical (unpaired) electrons. The highest BCUT2D eigenvalue weighted by Crippen LogP contribution is 2.41. The van der Waals surface area contributed by atoms with Crippen LogP contribution in [0.2, 0.25) is 0 Å². The molecule has 5 aromatic carbocycles. The van der Waals surface area contributed by atoms with E-state index in [-0.39, 0.29) is 6.04 Å². The average molecular weight is 697 g/mol. The smallest absolute Gasteiger partial charge is 0.0557 e. The van der Waals surface area contributed by atoms with Gasteiger partial charge in [0.05, 0.1) is 22.8 Å². The number of nitrogens with zero attached hydrogens (tertiary/aromatic N) is 2. The van der Waals surface area contributed by atoms with E-state index in [9.17, 15) is 0 Å². The molecule has 0 spiro atoms. The van der Waals surface area contributed by atoms with Crippen LogP contribution in [0.1, 0.15) is 66.3 Å². The summed E-state index contributed by atoms with van der Waals surface area (Å²) in [5.74, 6) is 0. The fourth-order valence-corrected chi connectivity index (χ4v) is 9.21. The van der Waals surface area contributed by atoms with Gasteiger partial charge in [-0.3, -0.25) is 0 Å². The van der Waals surface area contributed by atoms with Crippen molar-refractivity contribution in [3.8, 4) is 5.69 Å². The van der Waals surface area contributed by atoms with Gasteiger partial charge in [0.25, 0.3) is 0 Å². The van der Waals surface area contributed by atoms with E-state index in [0.717, 1.165) is 44.9 Å². The second-order valence-electron chi connectivity index (χ2n) is 14.9. The largest absolute Gasteiger partial charge is 0.338 e. The first-order valence-electron chi connectivity index (χ1n) is 19.7. The molecule has 0 aliphatic heterocycles. The molecule has 4 aliphatic rings. The summed E-state index contributed by atoms with van der Waals surface area (Å²) in [4.78, 5) is 2.64. The van der Waals surface area contributed by atoms with Crippen LogP contribution in [-0.2, 0) is 6.42 Å². The Balaban J connectivity index is 1.03. The number of rotatable bonds is 7. The van der Waals surface area contributed by atoms with Gasteiger partial charge in [-0.25, -0.2) is 0 Å². The highest BCUT2D eigenvalue weighted by molar-refractivity contribution is 6.12. The van der Waals surface area contributed by atoms with E-state index >= 15 is 0 Å². The van der Waals surface area contributed by atoms with E-state index < -0.39 is 0 Å². The molecular formula is C52H44N2. The monoisotopic (exact) mass is 696 g/mol. The summed E-state index contributed by atoms with van der Waals surface area (Å²) in [7, 11) is 0. The summed E-state index contributed by atoms with van der Waals surface area (Å²) >= 11 is 0. The Kier molecular flexibility index (Phi) is 8.45. The third-order valence-electron chi connectivity index (χ3n) is 11.8. The van der Waals surface area contributed by atoms with Crippen LogP contribution in [0.5, 0.6) is 0 Å². The molecule has 0 fully saturated rings. The van der Waals surface area contributed by atoms with Crippen molar-refractivity contribution < 1.29 is 0 Å². The Morgan fingerprint density at radius 2 is 1.37 bits per heavy atom. The number of hydrogen-bond acceptors (Lipinski definition) is 1. The summed E-state index contributed by atoms with van der Waals surface area (Å²) in [5.41, 5.74) is 17.4. The van der Waals surface area contributed by atoms with Gasteiger partial charge in [-0.2, -0.15) is 0 Å². The number of fused-ring (bicyclic) bond motifs is 5. The van der Waals surface area contributed by atoms with E-state index in [1.54, 1.807) is 0 Å². The molecule has 1 atom stereocenters. The number of aryl methyl sites for hydroxylation is 1. The molecule has 2 heteroatoms. The van der Waals surface area contributed by atoms with Gasteiger partial charge in [-0.15, -0.1) is 0 Å². The molecule has 1 unspecified atom stereocenters. The lowest BCUT2D eigenvalue weighted by Gasteiger charge is -2.38. The molecule has 0 N–H and O–H groups in total. The van der Waals surface area contributed by atoms with Crippen molar-refractivity contribution in [3.05, 3.63) is 209 Å². The summed E-state index contributed by atoms with van der Waals surface area (Å²) in [6.07, 6.45) is 28.9. The summed E-state index contributed by atoms with van der Waals surface area (Å²) in [5, 5.41) is 2.74.